The van der Waals surface area contributed by atoms with Crippen LogP contribution in [0.15, 0.2) is 12.1 Å². The van der Waals surface area contributed by atoms with Gasteiger partial charge >= 0.3 is 0 Å². The molecule has 0 amide bonds. The summed E-state index contributed by atoms with van der Waals surface area (Å²) in [6, 6.07) is 3.67. The fourth-order valence-electron chi connectivity index (χ4n) is 1.91. The van der Waals surface area contributed by atoms with E-state index in [9.17, 15) is 0 Å². The second-order valence-electron chi connectivity index (χ2n) is 4.66. The van der Waals surface area contributed by atoms with E-state index in [2.05, 4.69) is 12.2 Å². The molecule has 1 N–H and O–H groups in total. The number of ether oxygens (including phenoxy) is 3. The molecule has 1 unspecified atom stereocenters. The lowest BCUT2D eigenvalue weighted by atomic mass is 10.1. The quantitative estimate of drug-likeness (QED) is 0.711. The molecule has 0 heterocycles. The zero-order valence-electron chi connectivity index (χ0n) is 12.7. The van der Waals surface area contributed by atoms with Crippen LogP contribution in [0.5, 0.6) is 11.5 Å². The van der Waals surface area contributed by atoms with Gasteiger partial charge < -0.3 is 19.5 Å². The lowest BCUT2D eigenvalue weighted by Crippen LogP contribution is -2.21. The first-order valence-corrected chi connectivity index (χ1v) is 7.22. The molecule has 0 aromatic heterocycles. The van der Waals surface area contributed by atoms with E-state index in [0.717, 1.165) is 24.3 Å². The Kier molecular flexibility index (Phi) is 7.73. The summed E-state index contributed by atoms with van der Waals surface area (Å²) in [5, 5.41) is 3.99. The van der Waals surface area contributed by atoms with Gasteiger partial charge in [0.25, 0.3) is 0 Å². The van der Waals surface area contributed by atoms with Crippen molar-refractivity contribution in [1.29, 1.82) is 0 Å². The normalized spacial score (nSPS) is 12.2. The molecule has 1 atom stereocenters. The summed E-state index contributed by atoms with van der Waals surface area (Å²) in [5.41, 5.74) is 0.991. The van der Waals surface area contributed by atoms with Crippen molar-refractivity contribution < 1.29 is 14.2 Å². The smallest absolute Gasteiger partial charge is 0.166 e. The van der Waals surface area contributed by atoms with Crippen molar-refractivity contribution >= 4 is 11.6 Å². The van der Waals surface area contributed by atoms with Gasteiger partial charge in [-0.2, -0.15) is 0 Å². The van der Waals surface area contributed by atoms with Crippen LogP contribution in [0, 0.1) is 0 Å². The van der Waals surface area contributed by atoms with E-state index >= 15 is 0 Å². The monoisotopic (exact) mass is 301 g/mol. The van der Waals surface area contributed by atoms with Crippen molar-refractivity contribution in [3.63, 3.8) is 0 Å². The Hall–Kier alpha value is -0.970. The molecule has 0 saturated carbocycles. The Morgan fingerprint density at radius 1 is 1.30 bits per heavy atom. The van der Waals surface area contributed by atoms with Gasteiger partial charge in [0.2, 0.25) is 0 Å². The van der Waals surface area contributed by atoms with Crippen molar-refractivity contribution in [3.05, 3.63) is 22.7 Å². The van der Waals surface area contributed by atoms with Crippen LogP contribution in [-0.2, 0) is 11.3 Å². The Morgan fingerprint density at radius 2 is 2.05 bits per heavy atom. The van der Waals surface area contributed by atoms with Crippen molar-refractivity contribution in [2.75, 3.05) is 27.4 Å². The molecule has 0 spiro atoms. The highest BCUT2D eigenvalue weighted by atomic mass is 35.5. The maximum absolute atomic E-state index is 6.12. The molecule has 0 aliphatic heterocycles. The zero-order chi connectivity index (χ0) is 15.0. The number of methoxy groups -OCH3 is 2. The van der Waals surface area contributed by atoms with Crippen molar-refractivity contribution in [2.24, 2.45) is 0 Å². The summed E-state index contributed by atoms with van der Waals surface area (Å²) < 4.78 is 16.4. The summed E-state index contributed by atoms with van der Waals surface area (Å²) >= 11 is 6.12. The van der Waals surface area contributed by atoms with Gasteiger partial charge in [0.05, 0.1) is 13.7 Å². The second kappa shape index (κ2) is 9.06. The maximum Gasteiger partial charge on any atom is 0.166 e. The van der Waals surface area contributed by atoms with Crippen LogP contribution in [-0.4, -0.2) is 33.5 Å². The van der Waals surface area contributed by atoms with Crippen LogP contribution in [0.1, 0.15) is 25.8 Å². The first kappa shape index (κ1) is 17.1. The van der Waals surface area contributed by atoms with Gasteiger partial charge in [-0.3, -0.25) is 0 Å². The van der Waals surface area contributed by atoms with Crippen LogP contribution in [0.25, 0.3) is 0 Å². The molecule has 20 heavy (non-hydrogen) atoms. The molecule has 0 aliphatic carbocycles. The molecule has 0 bridgehead atoms. The second-order valence-corrected chi connectivity index (χ2v) is 5.09. The van der Waals surface area contributed by atoms with Crippen LogP contribution in [0.4, 0.5) is 0 Å². The largest absolute Gasteiger partial charge is 0.493 e. The van der Waals surface area contributed by atoms with E-state index in [0.29, 0.717) is 23.9 Å². The van der Waals surface area contributed by atoms with Crippen molar-refractivity contribution in [3.8, 4) is 11.5 Å². The molecule has 1 aromatic carbocycles. The van der Waals surface area contributed by atoms with Gasteiger partial charge in [0, 0.05) is 30.3 Å². The number of benzene rings is 1. The number of hydrogen-bond donors (Lipinski definition) is 1. The van der Waals surface area contributed by atoms with Gasteiger partial charge in [-0.15, -0.1) is 0 Å². The minimum atomic E-state index is -0.0556. The SMILES string of the molecule is CCCNCc1cc(Cl)cc(OC)c1OC(C)COC. The Balaban J connectivity index is 2.95. The molecule has 0 aliphatic rings. The average Bonchev–Trinajstić information content (AvgIpc) is 2.41. The molecular formula is C15H24ClNO3. The number of nitrogens with one attached hydrogen (secondary N) is 1. The van der Waals surface area contributed by atoms with Crippen LogP contribution in [0.3, 0.4) is 0 Å². The van der Waals surface area contributed by atoms with Crippen molar-refractivity contribution in [1.82, 2.24) is 5.32 Å². The van der Waals surface area contributed by atoms with Crippen LogP contribution in [0.2, 0.25) is 5.02 Å². The first-order valence-electron chi connectivity index (χ1n) is 6.85. The van der Waals surface area contributed by atoms with Crippen LogP contribution >= 0.6 is 11.6 Å². The highest BCUT2D eigenvalue weighted by Gasteiger charge is 2.15. The fraction of sp³-hybridized carbons (Fsp3) is 0.600. The van der Waals surface area contributed by atoms with Gasteiger partial charge in [-0.05, 0) is 26.0 Å². The zero-order valence-corrected chi connectivity index (χ0v) is 13.4. The molecule has 4 nitrogen and oxygen atoms in total. The standard InChI is InChI=1S/C15H24ClNO3/c1-5-6-17-9-12-7-13(16)8-14(19-4)15(12)20-11(2)10-18-3/h7-8,11,17H,5-6,9-10H2,1-4H3. The summed E-state index contributed by atoms with van der Waals surface area (Å²) in [7, 11) is 3.27. The highest BCUT2D eigenvalue weighted by molar-refractivity contribution is 6.30. The number of hydrogen-bond acceptors (Lipinski definition) is 4. The molecule has 1 rings (SSSR count). The molecule has 0 fully saturated rings. The van der Waals surface area contributed by atoms with E-state index in [1.165, 1.54) is 0 Å². The Morgan fingerprint density at radius 3 is 2.65 bits per heavy atom. The fourth-order valence-corrected chi connectivity index (χ4v) is 2.14. The molecule has 0 radical (unpaired) electrons. The molecule has 1 aromatic rings. The van der Waals surface area contributed by atoms with Gasteiger partial charge in [-0.1, -0.05) is 18.5 Å². The summed E-state index contributed by atoms with van der Waals surface area (Å²) in [5.74, 6) is 1.37. The van der Waals surface area contributed by atoms with E-state index in [-0.39, 0.29) is 6.10 Å². The predicted octanol–water partition coefficient (Wildman–Crippen LogP) is 3.26. The van der Waals surface area contributed by atoms with Gasteiger partial charge in [0.15, 0.2) is 11.5 Å². The van der Waals surface area contributed by atoms with Gasteiger partial charge in [-0.25, -0.2) is 0 Å². The average molecular weight is 302 g/mol. The first-order chi connectivity index (χ1) is 9.62. The predicted molar refractivity (Wildman–Crippen MR) is 82.0 cm³/mol. The topological polar surface area (TPSA) is 39.7 Å². The lowest BCUT2D eigenvalue weighted by Gasteiger charge is -2.20. The van der Waals surface area contributed by atoms with E-state index in [1.807, 2.05) is 13.0 Å². The number of halogens is 1. The van der Waals surface area contributed by atoms with E-state index < -0.39 is 0 Å². The molecular weight excluding hydrogens is 278 g/mol. The lowest BCUT2D eigenvalue weighted by molar-refractivity contribution is 0.0892. The minimum Gasteiger partial charge on any atom is -0.493 e. The summed E-state index contributed by atoms with van der Waals surface area (Å²) in [6.07, 6.45) is 1.02. The maximum atomic E-state index is 6.12. The van der Waals surface area contributed by atoms with E-state index in [4.69, 9.17) is 25.8 Å². The third-order valence-corrected chi connectivity index (χ3v) is 3.00. The molecule has 0 saturated heterocycles. The van der Waals surface area contributed by atoms with Crippen LogP contribution < -0.4 is 14.8 Å². The summed E-state index contributed by atoms with van der Waals surface area (Å²) in [4.78, 5) is 0. The molecule has 5 heteroatoms. The van der Waals surface area contributed by atoms with E-state index in [1.54, 1.807) is 20.3 Å². The Bertz CT molecular complexity index is 412. The van der Waals surface area contributed by atoms with Crippen molar-refractivity contribution in [2.45, 2.75) is 32.9 Å². The Labute approximate surface area is 126 Å². The molecule has 114 valence electrons. The number of rotatable bonds is 9. The summed E-state index contributed by atoms with van der Waals surface area (Å²) in [6.45, 7) is 6.25. The highest BCUT2D eigenvalue weighted by Crippen LogP contribution is 2.35. The minimum absolute atomic E-state index is 0.0556. The third kappa shape index (κ3) is 5.19. The third-order valence-electron chi connectivity index (χ3n) is 2.78. The van der Waals surface area contributed by atoms with Gasteiger partial charge in [0.1, 0.15) is 6.10 Å².